The lowest BCUT2D eigenvalue weighted by atomic mass is 10.1. The number of benzene rings is 1. The molecule has 1 amide bonds. The molecule has 0 bridgehead atoms. The minimum Gasteiger partial charge on any atom is -0.508 e. The summed E-state index contributed by atoms with van der Waals surface area (Å²) in [6.07, 6.45) is 3.64. The van der Waals surface area contributed by atoms with Gasteiger partial charge in [-0.15, -0.1) is 0 Å². The van der Waals surface area contributed by atoms with E-state index in [9.17, 15) is 9.90 Å². The molecule has 0 saturated carbocycles. The second kappa shape index (κ2) is 7.68. The molecule has 0 saturated heterocycles. The van der Waals surface area contributed by atoms with Gasteiger partial charge in [-0.1, -0.05) is 12.1 Å². The minimum absolute atomic E-state index is 0.0531. The first-order chi connectivity index (χ1) is 10.9. The lowest BCUT2D eigenvalue weighted by Crippen LogP contribution is -2.34. The van der Waals surface area contributed by atoms with Crippen molar-refractivity contribution in [2.75, 3.05) is 0 Å². The zero-order valence-electron chi connectivity index (χ0n) is 13.7. The van der Waals surface area contributed by atoms with E-state index in [1.165, 1.54) is 0 Å². The topological polar surface area (TPSA) is 54.3 Å². The van der Waals surface area contributed by atoms with Crippen LogP contribution in [0.3, 0.4) is 0 Å². The molecule has 0 spiro atoms. The molecule has 1 atom stereocenters. The summed E-state index contributed by atoms with van der Waals surface area (Å²) in [5.74, 6) is 0.220. The van der Waals surface area contributed by atoms with E-state index in [1.54, 1.807) is 12.1 Å². The molecule has 4 nitrogen and oxygen atoms in total. The molecule has 0 aliphatic heterocycles. The lowest BCUT2D eigenvalue weighted by Gasteiger charge is -2.16. The number of halogens is 1. The summed E-state index contributed by atoms with van der Waals surface area (Å²) in [7, 11) is 0. The Morgan fingerprint density at radius 1 is 1.26 bits per heavy atom. The maximum atomic E-state index is 12.5. The van der Waals surface area contributed by atoms with Crippen molar-refractivity contribution in [3.05, 3.63) is 52.3 Å². The molecule has 0 radical (unpaired) electrons. The molecular formula is C18H23BrN2O2. The van der Waals surface area contributed by atoms with Crippen LogP contribution in [0.5, 0.6) is 5.75 Å². The number of carbonyl (C=O) groups is 1. The van der Waals surface area contributed by atoms with Crippen LogP contribution >= 0.6 is 15.9 Å². The van der Waals surface area contributed by atoms with Crippen LogP contribution in [0.25, 0.3) is 0 Å². The fourth-order valence-corrected chi connectivity index (χ4v) is 2.91. The largest absolute Gasteiger partial charge is 0.508 e. The molecule has 1 heterocycles. The fraction of sp³-hybridized carbons (Fsp3) is 0.389. The first-order valence-corrected chi connectivity index (χ1v) is 8.62. The van der Waals surface area contributed by atoms with Crippen molar-refractivity contribution < 1.29 is 9.90 Å². The molecular weight excluding hydrogens is 356 g/mol. The molecule has 23 heavy (non-hydrogen) atoms. The first kappa shape index (κ1) is 17.6. The van der Waals surface area contributed by atoms with Crippen molar-refractivity contribution >= 4 is 21.8 Å². The van der Waals surface area contributed by atoms with Crippen molar-refractivity contribution in [2.45, 2.75) is 45.7 Å². The average molecular weight is 379 g/mol. The molecule has 2 N–H and O–H groups in total. The van der Waals surface area contributed by atoms with E-state index in [0.717, 1.165) is 22.9 Å². The number of phenols is 1. The van der Waals surface area contributed by atoms with Crippen molar-refractivity contribution in [1.29, 1.82) is 0 Å². The smallest absolute Gasteiger partial charge is 0.268 e. The Bertz CT molecular complexity index is 662. The van der Waals surface area contributed by atoms with Crippen LogP contribution in [-0.4, -0.2) is 21.6 Å². The van der Waals surface area contributed by atoms with Crippen molar-refractivity contribution in [3.63, 3.8) is 0 Å². The average Bonchev–Trinajstić information content (AvgIpc) is 2.89. The van der Waals surface area contributed by atoms with Gasteiger partial charge in [-0.3, -0.25) is 4.79 Å². The third-order valence-corrected chi connectivity index (χ3v) is 4.22. The number of rotatable bonds is 6. The summed E-state index contributed by atoms with van der Waals surface area (Å²) in [4.78, 5) is 12.5. The number of aryl methyl sites for hydroxylation is 1. The minimum atomic E-state index is -0.0531. The molecule has 0 aliphatic carbocycles. The summed E-state index contributed by atoms with van der Waals surface area (Å²) >= 11 is 3.43. The summed E-state index contributed by atoms with van der Waals surface area (Å²) in [6, 6.07) is 9.34. The zero-order valence-corrected chi connectivity index (χ0v) is 15.3. The van der Waals surface area contributed by atoms with Crippen LogP contribution in [0.2, 0.25) is 0 Å². The molecule has 0 fully saturated rings. The highest BCUT2D eigenvalue weighted by atomic mass is 79.9. The molecule has 124 valence electrons. The van der Waals surface area contributed by atoms with Gasteiger partial charge in [-0.05, 0) is 73.3 Å². The third-order valence-electron chi connectivity index (χ3n) is 3.78. The van der Waals surface area contributed by atoms with Gasteiger partial charge in [0.25, 0.3) is 5.91 Å². The molecule has 1 unspecified atom stereocenters. The van der Waals surface area contributed by atoms with E-state index in [4.69, 9.17) is 0 Å². The maximum Gasteiger partial charge on any atom is 0.268 e. The van der Waals surface area contributed by atoms with Crippen LogP contribution in [0.1, 0.15) is 49.3 Å². The molecule has 5 heteroatoms. The fourth-order valence-electron chi connectivity index (χ4n) is 2.47. The monoisotopic (exact) mass is 378 g/mol. The summed E-state index contributed by atoms with van der Waals surface area (Å²) in [5, 5.41) is 12.3. The number of aromatic hydroxyl groups is 1. The number of nitrogens with zero attached hydrogens (tertiary/aromatic N) is 1. The van der Waals surface area contributed by atoms with Crippen LogP contribution in [0.4, 0.5) is 0 Å². The number of carbonyl (C=O) groups excluding carboxylic acids is 1. The third kappa shape index (κ3) is 4.86. The Kier molecular flexibility index (Phi) is 5.88. The van der Waals surface area contributed by atoms with Gasteiger partial charge in [0.05, 0.1) is 0 Å². The number of aromatic nitrogens is 1. The predicted molar refractivity (Wildman–Crippen MR) is 95.9 cm³/mol. The van der Waals surface area contributed by atoms with E-state index in [1.807, 2.05) is 35.9 Å². The van der Waals surface area contributed by atoms with Gasteiger partial charge in [0.1, 0.15) is 11.4 Å². The van der Waals surface area contributed by atoms with Gasteiger partial charge < -0.3 is 15.0 Å². The van der Waals surface area contributed by atoms with Gasteiger partial charge in [-0.25, -0.2) is 0 Å². The van der Waals surface area contributed by atoms with Gasteiger partial charge in [0, 0.05) is 22.8 Å². The highest BCUT2D eigenvalue weighted by molar-refractivity contribution is 9.10. The van der Waals surface area contributed by atoms with Crippen LogP contribution in [0.15, 0.2) is 41.0 Å². The van der Waals surface area contributed by atoms with E-state index < -0.39 is 0 Å². The molecule has 2 aromatic rings. The SMILES string of the molecule is CC(CCc1ccc(O)cc1)NC(=O)c1cc(Br)cn1C(C)C. The highest BCUT2D eigenvalue weighted by Crippen LogP contribution is 2.19. The Morgan fingerprint density at radius 2 is 1.91 bits per heavy atom. The lowest BCUT2D eigenvalue weighted by molar-refractivity contribution is 0.0927. The van der Waals surface area contributed by atoms with Crippen molar-refractivity contribution in [3.8, 4) is 5.75 Å². The predicted octanol–water partition coefficient (Wildman–Crippen LogP) is 4.29. The first-order valence-electron chi connectivity index (χ1n) is 7.83. The van der Waals surface area contributed by atoms with Crippen molar-refractivity contribution in [2.24, 2.45) is 0 Å². The summed E-state index contributed by atoms with van der Waals surface area (Å²) < 4.78 is 2.87. The highest BCUT2D eigenvalue weighted by Gasteiger charge is 2.16. The number of hydrogen-bond acceptors (Lipinski definition) is 2. The Morgan fingerprint density at radius 3 is 2.52 bits per heavy atom. The second-order valence-corrected chi connectivity index (χ2v) is 7.04. The van der Waals surface area contributed by atoms with Crippen LogP contribution < -0.4 is 5.32 Å². The van der Waals surface area contributed by atoms with Crippen LogP contribution in [0, 0.1) is 0 Å². The number of phenolic OH excluding ortho intramolecular Hbond substituents is 1. The van der Waals surface area contributed by atoms with Gasteiger partial charge >= 0.3 is 0 Å². The van der Waals surface area contributed by atoms with Gasteiger partial charge in [0.2, 0.25) is 0 Å². The Balaban J connectivity index is 1.93. The summed E-state index contributed by atoms with van der Waals surface area (Å²) in [5.41, 5.74) is 1.82. The standard InChI is InChI=1S/C18H23BrN2O2/c1-12(2)21-11-15(19)10-17(21)18(23)20-13(3)4-5-14-6-8-16(22)9-7-14/h6-13,22H,4-5H2,1-3H3,(H,20,23). The Hall–Kier alpha value is -1.75. The van der Waals surface area contributed by atoms with Crippen LogP contribution in [-0.2, 0) is 6.42 Å². The maximum absolute atomic E-state index is 12.5. The Labute approximate surface area is 145 Å². The number of amides is 1. The van der Waals surface area contributed by atoms with Gasteiger partial charge in [0.15, 0.2) is 0 Å². The van der Waals surface area contributed by atoms with E-state index in [2.05, 4.69) is 35.1 Å². The molecule has 1 aromatic heterocycles. The quantitative estimate of drug-likeness (QED) is 0.787. The number of nitrogens with one attached hydrogen (secondary N) is 1. The van der Waals surface area contributed by atoms with Crippen molar-refractivity contribution in [1.82, 2.24) is 9.88 Å². The normalized spacial score (nSPS) is 12.4. The zero-order chi connectivity index (χ0) is 17.0. The van der Waals surface area contributed by atoms with E-state index in [-0.39, 0.29) is 23.7 Å². The molecule has 1 aromatic carbocycles. The number of hydrogen-bond donors (Lipinski definition) is 2. The summed E-state index contributed by atoms with van der Waals surface area (Å²) in [6.45, 7) is 6.12. The van der Waals surface area contributed by atoms with Gasteiger partial charge in [-0.2, -0.15) is 0 Å². The van der Waals surface area contributed by atoms with E-state index >= 15 is 0 Å². The molecule has 0 aliphatic rings. The van der Waals surface area contributed by atoms with E-state index in [0.29, 0.717) is 5.69 Å². The second-order valence-electron chi connectivity index (χ2n) is 6.12. The molecule has 2 rings (SSSR count).